The molecule has 5 aromatic heterocycles. The minimum absolute atomic E-state index is 0.0936. The van der Waals surface area contributed by atoms with Gasteiger partial charge in [-0.05, 0) is 143 Å². The molecule has 5 heterocycles. The zero-order valence-electron chi connectivity index (χ0n) is 52.7. The topological polar surface area (TPSA) is 472 Å². The number of nitrogens with one attached hydrogen (secondary N) is 8. The average molecular weight is 1390 g/mol. The second kappa shape index (κ2) is 37.9. The molecule has 0 aliphatic heterocycles. The first-order valence-corrected chi connectivity index (χ1v) is 31.1. The van der Waals surface area contributed by atoms with Crippen molar-refractivity contribution in [1.29, 1.82) is 0 Å². The van der Waals surface area contributed by atoms with Gasteiger partial charge in [-0.2, -0.15) is 74.8 Å². The monoisotopic (exact) mass is 1390 g/mol. The molecule has 0 amide bonds. The van der Waals surface area contributed by atoms with Gasteiger partial charge < -0.3 is 82.7 Å². The first kappa shape index (κ1) is 73.6. The van der Waals surface area contributed by atoms with Gasteiger partial charge in [0.05, 0.1) is 0 Å². The molecule has 0 aliphatic rings. The number of hydrogen-bond acceptors (Lipinski definition) is 30. The van der Waals surface area contributed by atoms with Crippen LogP contribution < -0.4 is 82.7 Å². The van der Waals surface area contributed by atoms with Gasteiger partial charge >= 0.3 is 0 Å². The summed E-state index contributed by atoms with van der Waals surface area (Å²) in [6, 6.07) is 38.4. The zero-order chi connectivity index (χ0) is 68.8. The van der Waals surface area contributed by atoms with Gasteiger partial charge in [-0.1, -0.05) is 113 Å². The van der Waals surface area contributed by atoms with Crippen LogP contribution in [0.3, 0.4) is 0 Å². The molecule has 30 nitrogen and oxygen atoms in total. The Morgan fingerprint density at radius 2 is 0.589 bits per heavy atom. The maximum atomic E-state index is 5.95. The van der Waals surface area contributed by atoms with E-state index in [-0.39, 0.29) is 59.8 Å². The second-order valence-electron chi connectivity index (χ2n) is 20.9. The molecule has 0 aliphatic carbocycles. The van der Waals surface area contributed by atoms with Crippen LogP contribution >= 0.6 is 58.0 Å². The van der Waals surface area contributed by atoms with E-state index in [1.165, 1.54) is 0 Å². The summed E-state index contributed by atoms with van der Waals surface area (Å²) in [7, 11) is 0. The SMILES string of the molecule is CC(C)Nc1nc(N)nc(NCCc2cccc(Cl)c2)n1.CC(C)Nc1nc(N)nc(NCc2ccc(Cl)cc2)n1.CC(C)Nc1nc(N)nc(Nc2cccc(Cl)c2)n1.Nc1nc(N)nc(NCCc2cccc(Cl)c2)n1.Nc1nc(N)nc(NCc2ccc(Cl)cc2)n1. The van der Waals surface area contributed by atoms with Gasteiger partial charge in [0, 0.05) is 75.1 Å². The van der Waals surface area contributed by atoms with Crippen molar-refractivity contribution in [3.63, 3.8) is 0 Å². The molecule has 10 aromatic rings. The molecular formula is C60H75Cl5N30. The number of nitrogens with two attached hydrogens (primary N) is 7. The lowest BCUT2D eigenvalue weighted by Gasteiger charge is -2.10. The van der Waals surface area contributed by atoms with E-state index < -0.39 is 0 Å². The Labute approximate surface area is 574 Å². The van der Waals surface area contributed by atoms with E-state index in [2.05, 4.69) is 117 Å². The number of aromatic nitrogens is 15. The molecule has 35 heteroatoms. The second-order valence-corrected chi connectivity index (χ2v) is 23.1. The predicted molar refractivity (Wildman–Crippen MR) is 386 cm³/mol. The van der Waals surface area contributed by atoms with Crippen LogP contribution in [0.4, 0.5) is 94.9 Å². The van der Waals surface area contributed by atoms with Crippen molar-refractivity contribution in [3.05, 3.63) is 169 Å². The van der Waals surface area contributed by atoms with Crippen molar-refractivity contribution in [3.8, 4) is 0 Å². The maximum absolute atomic E-state index is 5.95. The van der Waals surface area contributed by atoms with E-state index in [1.54, 1.807) is 12.1 Å². The van der Waals surface area contributed by atoms with Crippen molar-refractivity contribution in [2.45, 2.75) is 85.6 Å². The molecular weight excluding hydrogens is 1320 g/mol. The van der Waals surface area contributed by atoms with Crippen LogP contribution in [-0.2, 0) is 25.9 Å². The molecule has 0 bridgehead atoms. The fourth-order valence-corrected chi connectivity index (χ4v) is 8.49. The quantitative estimate of drug-likeness (QED) is 0.0300. The van der Waals surface area contributed by atoms with E-state index in [0.717, 1.165) is 50.8 Å². The van der Waals surface area contributed by atoms with Crippen molar-refractivity contribution in [2.75, 3.05) is 95.8 Å². The van der Waals surface area contributed by atoms with Gasteiger partial charge in [0.15, 0.2) is 0 Å². The molecule has 95 heavy (non-hydrogen) atoms. The standard InChI is InChI=1S/C14H19ClN6.C13H17ClN6.C12H15ClN6.C11H13ClN6.C10H11ClN6/c1-9(2)18-14-20-12(16)19-13(21-14)17-7-6-10-4-3-5-11(15)8-10;1-8(2)17-13-19-11(15)18-12(20-13)16-7-9-3-5-10(14)6-4-9;1-7(2)15-11-17-10(14)18-12(19-11)16-9-5-3-4-8(13)6-9;12-8-3-1-2-7(6-8)4-5-15-11-17-9(13)16-10(14)18-11;11-7-3-1-6(2-4-7)5-14-10-16-8(12)15-9(13)17-10/h3-5,8-9H,6-7H2,1-2H3,(H4,16,17,18,19,20,21);3-6,8H,7H2,1-2H3,(H4,15,16,17,18,19,20);3-7H,1-2H3,(H4,14,15,16,17,18,19);1-3,6H,4-5H2,(H5,13,14,15,16,17,18);1-4H,5H2,(H5,12,13,14,15,16,17). The van der Waals surface area contributed by atoms with Crippen molar-refractivity contribution >= 4 is 153 Å². The van der Waals surface area contributed by atoms with Gasteiger partial charge in [-0.3, -0.25) is 0 Å². The van der Waals surface area contributed by atoms with E-state index >= 15 is 0 Å². The van der Waals surface area contributed by atoms with Gasteiger partial charge in [0.25, 0.3) is 0 Å². The number of anilines is 16. The summed E-state index contributed by atoms with van der Waals surface area (Å²) in [5.74, 6) is 4.31. The maximum Gasteiger partial charge on any atom is 0.233 e. The summed E-state index contributed by atoms with van der Waals surface area (Å²) >= 11 is 29.4. The third-order valence-corrected chi connectivity index (χ3v) is 12.7. The average Bonchev–Trinajstić information content (AvgIpc) is 1.50. The Morgan fingerprint density at radius 3 is 0.947 bits per heavy atom. The van der Waals surface area contributed by atoms with Crippen molar-refractivity contribution in [2.24, 2.45) is 0 Å². The lowest BCUT2D eigenvalue weighted by atomic mass is 10.1. The number of nitrogens with zero attached hydrogens (tertiary/aromatic N) is 15. The fraction of sp³-hybridized carbons (Fsp3) is 0.250. The minimum Gasteiger partial charge on any atom is -0.368 e. The van der Waals surface area contributed by atoms with Gasteiger partial charge in [-0.15, -0.1) is 0 Å². The van der Waals surface area contributed by atoms with E-state index in [4.69, 9.17) is 98.1 Å². The molecule has 0 saturated carbocycles. The number of rotatable bonds is 22. The van der Waals surface area contributed by atoms with Gasteiger partial charge in [-0.25, -0.2) is 0 Å². The largest absolute Gasteiger partial charge is 0.368 e. The number of hydrogen-bond donors (Lipinski definition) is 15. The van der Waals surface area contributed by atoms with Crippen LogP contribution in [0.2, 0.25) is 25.1 Å². The highest BCUT2D eigenvalue weighted by molar-refractivity contribution is 6.31. The molecule has 5 aromatic carbocycles. The number of nitrogen functional groups attached to an aromatic ring is 7. The minimum atomic E-state index is 0.0936. The summed E-state index contributed by atoms with van der Waals surface area (Å²) in [6.45, 7) is 14.5. The summed E-state index contributed by atoms with van der Waals surface area (Å²) in [5.41, 5.74) is 44.0. The fourth-order valence-electron chi connectivity index (χ4n) is 7.62. The highest BCUT2D eigenvalue weighted by Gasteiger charge is 2.10. The molecule has 0 unspecified atom stereocenters. The lowest BCUT2D eigenvalue weighted by molar-refractivity contribution is 0.866. The van der Waals surface area contributed by atoms with E-state index in [0.29, 0.717) is 88.8 Å². The Balaban J connectivity index is 0.000000188. The Kier molecular flexibility index (Phi) is 29.4. The highest BCUT2D eigenvalue weighted by Crippen LogP contribution is 2.21. The summed E-state index contributed by atoms with van der Waals surface area (Å²) < 4.78 is 0. The third-order valence-electron chi connectivity index (χ3n) is 11.5. The molecule has 0 atom stereocenters. The van der Waals surface area contributed by atoms with E-state index in [9.17, 15) is 0 Å². The van der Waals surface area contributed by atoms with Crippen molar-refractivity contribution in [1.82, 2.24) is 74.8 Å². The van der Waals surface area contributed by atoms with Crippen LogP contribution in [-0.4, -0.2) is 106 Å². The molecule has 0 saturated heterocycles. The normalized spacial score (nSPS) is 10.5. The van der Waals surface area contributed by atoms with Crippen LogP contribution in [0, 0.1) is 0 Å². The molecule has 0 spiro atoms. The smallest absolute Gasteiger partial charge is 0.233 e. The zero-order valence-corrected chi connectivity index (χ0v) is 56.4. The Hall–Kier alpha value is -10.4. The predicted octanol–water partition coefficient (Wildman–Crippen LogP) is 10.4. The Bertz CT molecular complexity index is 3950. The third kappa shape index (κ3) is 29.4. The number of benzene rings is 5. The van der Waals surface area contributed by atoms with Crippen LogP contribution in [0.15, 0.2) is 121 Å². The van der Waals surface area contributed by atoms with Gasteiger partial charge in [0.1, 0.15) is 0 Å². The van der Waals surface area contributed by atoms with Crippen molar-refractivity contribution < 1.29 is 0 Å². The molecule has 10 rings (SSSR count). The molecule has 0 fully saturated rings. The molecule has 0 radical (unpaired) electrons. The summed E-state index contributed by atoms with van der Waals surface area (Å²) in [5, 5.41) is 28.1. The summed E-state index contributed by atoms with van der Waals surface area (Å²) in [6.07, 6.45) is 1.62. The molecule has 500 valence electrons. The Morgan fingerprint density at radius 1 is 0.295 bits per heavy atom. The van der Waals surface area contributed by atoms with E-state index in [1.807, 2.05) is 151 Å². The van der Waals surface area contributed by atoms with Crippen LogP contribution in [0.25, 0.3) is 0 Å². The number of halogens is 5. The first-order chi connectivity index (χ1) is 45.3. The summed E-state index contributed by atoms with van der Waals surface area (Å²) in [4.78, 5) is 60.0. The van der Waals surface area contributed by atoms with Gasteiger partial charge in [0.2, 0.25) is 89.2 Å². The first-order valence-electron chi connectivity index (χ1n) is 29.2. The molecule has 22 N–H and O–H groups in total. The van der Waals surface area contributed by atoms with Crippen LogP contribution in [0.1, 0.15) is 63.8 Å². The highest BCUT2D eigenvalue weighted by atomic mass is 35.5. The van der Waals surface area contributed by atoms with Crippen LogP contribution in [0.5, 0.6) is 0 Å². The lowest BCUT2D eigenvalue weighted by Crippen LogP contribution is -2.16.